The minimum atomic E-state index is 1.17. The van der Waals surface area contributed by atoms with Crippen molar-refractivity contribution in [2.45, 2.75) is 27.7 Å². The third-order valence-corrected chi connectivity index (χ3v) is 2.41. The normalized spacial score (nSPS) is 12.7. The fourth-order valence-corrected chi connectivity index (χ4v) is 1.80. The third-order valence-electron chi connectivity index (χ3n) is 1.38. The predicted molar refractivity (Wildman–Crippen MR) is 58.4 cm³/mol. The molecule has 0 atom stereocenters. The number of hydrogen-bond donors (Lipinski definition) is 1. The summed E-state index contributed by atoms with van der Waals surface area (Å²) < 4.78 is 1.17. The first kappa shape index (κ1) is 11.2. The Morgan fingerprint density at radius 3 is 2.33 bits per heavy atom. The lowest BCUT2D eigenvalue weighted by Crippen LogP contribution is -2.18. The van der Waals surface area contributed by atoms with Crippen LogP contribution in [-0.4, -0.2) is 0 Å². The monoisotopic (exact) mass is 183 g/mol. The van der Waals surface area contributed by atoms with Crippen LogP contribution in [0.5, 0.6) is 0 Å². The number of rotatable bonds is 0. The van der Waals surface area contributed by atoms with Crippen LogP contribution in [0.2, 0.25) is 0 Å². The van der Waals surface area contributed by atoms with Crippen LogP contribution in [0.3, 0.4) is 0 Å². The van der Waals surface area contributed by atoms with Gasteiger partial charge in [0.15, 0.2) is 0 Å². The van der Waals surface area contributed by atoms with Crippen molar-refractivity contribution in [3.8, 4) is 0 Å². The molecule has 0 radical (unpaired) electrons. The topological polar surface area (TPSA) is 26.0 Å². The summed E-state index contributed by atoms with van der Waals surface area (Å²) in [5.74, 6) is 0. The number of hydrogen-bond acceptors (Lipinski definition) is 2. The van der Waals surface area contributed by atoms with Crippen molar-refractivity contribution in [3.63, 3.8) is 0 Å². The van der Waals surface area contributed by atoms with E-state index in [1.165, 1.54) is 14.6 Å². The Kier molecular flexibility index (Phi) is 5.47. The van der Waals surface area contributed by atoms with Gasteiger partial charge in [-0.2, -0.15) is 0 Å². The van der Waals surface area contributed by atoms with Crippen LogP contribution >= 0.6 is 11.3 Å². The van der Waals surface area contributed by atoms with E-state index >= 15 is 0 Å². The van der Waals surface area contributed by atoms with Gasteiger partial charge >= 0.3 is 0 Å². The van der Waals surface area contributed by atoms with Gasteiger partial charge in [-0.25, -0.2) is 0 Å². The van der Waals surface area contributed by atoms with Crippen LogP contribution in [0.15, 0.2) is 6.07 Å². The Morgan fingerprint density at radius 1 is 1.42 bits per heavy atom. The molecule has 12 heavy (non-hydrogen) atoms. The summed E-state index contributed by atoms with van der Waals surface area (Å²) in [6.45, 7) is 8.11. The zero-order valence-electron chi connectivity index (χ0n) is 8.22. The Morgan fingerprint density at radius 2 is 2.00 bits per heavy atom. The van der Waals surface area contributed by atoms with Gasteiger partial charge in [-0.15, -0.1) is 11.3 Å². The van der Waals surface area contributed by atoms with Gasteiger partial charge < -0.3 is 5.73 Å². The molecule has 0 aliphatic heterocycles. The lowest BCUT2D eigenvalue weighted by atomic mass is 10.4. The average molecular weight is 183 g/mol. The molecule has 0 saturated heterocycles. The fourth-order valence-electron chi connectivity index (χ4n) is 0.908. The summed E-state index contributed by atoms with van der Waals surface area (Å²) in [7, 11) is 0. The maximum absolute atomic E-state index is 5.40. The first-order valence-corrected chi connectivity index (χ1v) is 5.04. The zero-order valence-corrected chi connectivity index (χ0v) is 9.03. The summed E-state index contributed by atoms with van der Waals surface area (Å²) in [5.41, 5.74) is 5.40. The maximum Gasteiger partial charge on any atom is 0.0496 e. The van der Waals surface area contributed by atoms with Gasteiger partial charge in [0.2, 0.25) is 0 Å². The molecule has 0 aliphatic carbocycles. The van der Waals surface area contributed by atoms with Crippen LogP contribution in [-0.2, 0) is 0 Å². The predicted octanol–water partition coefficient (Wildman–Crippen LogP) is 1.58. The van der Waals surface area contributed by atoms with Crippen LogP contribution in [0, 0.1) is 6.92 Å². The van der Waals surface area contributed by atoms with E-state index < -0.39 is 0 Å². The molecule has 0 unspecified atom stereocenters. The van der Waals surface area contributed by atoms with Crippen molar-refractivity contribution in [1.29, 1.82) is 0 Å². The molecule has 0 amide bonds. The first-order valence-electron chi connectivity index (χ1n) is 4.22. The Labute approximate surface area is 78.2 Å². The van der Waals surface area contributed by atoms with Crippen molar-refractivity contribution in [1.82, 2.24) is 0 Å². The van der Waals surface area contributed by atoms with Gasteiger partial charge in [0.25, 0.3) is 0 Å². The molecule has 0 aliphatic rings. The molecule has 0 aromatic carbocycles. The van der Waals surface area contributed by atoms with Gasteiger partial charge in [0.05, 0.1) is 0 Å². The van der Waals surface area contributed by atoms with Crippen LogP contribution in [0.25, 0.3) is 12.3 Å². The average Bonchev–Trinajstić information content (AvgIpc) is 2.49. The number of thiophene rings is 1. The van der Waals surface area contributed by atoms with Crippen molar-refractivity contribution < 1.29 is 0 Å². The highest BCUT2D eigenvalue weighted by Crippen LogP contribution is 1.94. The molecule has 1 aromatic heterocycles. The Balaban J connectivity index is 0.000000561. The quantitative estimate of drug-likeness (QED) is 0.649. The summed E-state index contributed by atoms with van der Waals surface area (Å²) in [6, 6.07) is 2.14. The van der Waals surface area contributed by atoms with Gasteiger partial charge in [-0.05, 0) is 25.1 Å². The Bertz CT molecular complexity index is 291. The minimum absolute atomic E-state index is 1.17. The molecule has 0 saturated carbocycles. The lowest BCUT2D eigenvalue weighted by Gasteiger charge is -1.71. The van der Waals surface area contributed by atoms with Gasteiger partial charge in [-0.1, -0.05) is 19.9 Å². The van der Waals surface area contributed by atoms with E-state index in [4.69, 9.17) is 5.73 Å². The van der Waals surface area contributed by atoms with E-state index in [1.807, 2.05) is 20.8 Å². The largest absolute Gasteiger partial charge is 0.403 e. The van der Waals surface area contributed by atoms with E-state index in [9.17, 15) is 0 Å². The molecule has 1 nitrogen and oxygen atoms in total. The van der Waals surface area contributed by atoms with E-state index in [0.29, 0.717) is 0 Å². The molecule has 2 heteroatoms. The SMILES string of the molecule is C/C=c1/cc(C)s/c1=C/N.CC. The molecule has 1 aromatic rings. The molecule has 1 heterocycles. The second kappa shape index (κ2) is 5.84. The summed E-state index contributed by atoms with van der Waals surface area (Å²) in [4.78, 5) is 1.31. The smallest absolute Gasteiger partial charge is 0.0496 e. The highest BCUT2D eigenvalue weighted by molar-refractivity contribution is 7.09. The molecule has 2 N–H and O–H groups in total. The molecular weight excluding hydrogens is 166 g/mol. The molecule has 0 fully saturated rings. The van der Waals surface area contributed by atoms with Crippen molar-refractivity contribution in [2.24, 2.45) is 5.73 Å². The van der Waals surface area contributed by atoms with E-state index in [0.717, 1.165) is 0 Å². The fraction of sp³-hybridized carbons (Fsp3) is 0.400. The summed E-state index contributed by atoms with van der Waals surface area (Å²) in [6.07, 6.45) is 3.73. The van der Waals surface area contributed by atoms with E-state index in [2.05, 4.69) is 19.1 Å². The number of nitrogens with two attached hydrogens (primary N) is 1. The third kappa shape index (κ3) is 2.70. The minimum Gasteiger partial charge on any atom is -0.403 e. The molecule has 0 spiro atoms. The van der Waals surface area contributed by atoms with Crippen molar-refractivity contribution in [3.05, 3.63) is 20.7 Å². The lowest BCUT2D eigenvalue weighted by molar-refractivity contribution is 1.50. The van der Waals surface area contributed by atoms with Crippen LogP contribution < -0.4 is 15.5 Å². The maximum atomic E-state index is 5.40. The van der Waals surface area contributed by atoms with Crippen LogP contribution in [0.4, 0.5) is 0 Å². The second-order valence-electron chi connectivity index (χ2n) is 2.13. The first-order chi connectivity index (χ1) is 5.77. The van der Waals surface area contributed by atoms with Crippen molar-refractivity contribution >= 4 is 23.6 Å². The highest BCUT2D eigenvalue weighted by Gasteiger charge is 1.88. The summed E-state index contributed by atoms with van der Waals surface area (Å²) >= 11 is 1.73. The zero-order chi connectivity index (χ0) is 9.56. The summed E-state index contributed by atoms with van der Waals surface area (Å²) in [5, 5.41) is 1.24. The van der Waals surface area contributed by atoms with Gasteiger partial charge in [-0.3, -0.25) is 0 Å². The van der Waals surface area contributed by atoms with E-state index in [1.54, 1.807) is 17.5 Å². The number of aryl methyl sites for hydroxylation is 1. The van der Waals surface area contributed by atoms with Crippen molar-refractivity contribution in [2.75, 3.05) is 0 Å². The Hall–Kier alpha value is -0.760. The van der Waals surface area contributed by atoms with Crippen LogP contribution in [0.1, 0.15) is 25.6 Å². The van der Waals surface area contributed by atoms with E-state index in [-0.39, 0.29) is 0 Å². The molecule has 0 bridgehead atoms. The van der Waals surface area contributed by atoms with Gasteiger partial charge in [0.1, 0.15) is 0 Å². The molecule has 68 valence electrons. The second-order valence-corrected chi connectivity index (χ2v) is 3.42. The molecule has 1 rings (SSSR count). The molecular formula is C10H17NS. The van der Waals surface area contributed by atoms with Gasteiger partial charge in [0, 0.05) is 15.6 Å². The highest BCUT2D eigenvalue weighted by atomic mass is 32.1. The standard InChI is InChI=1S/C8H11NS.C2H6/c1-3-7-4-6(2)10-8(7)5-9;1-2/h3-5H,9H2,1-2H3;1-2H3/b7-3-,8-5+;.